The molecule has 25 heavy (non-hydrogen) atoms. The summed E-state index contributed by atoms with van der Waals surface area (Å²) < 4.78 is 19.5. The standard InChI is InChI=1S/C20H25FN2O2/c21-19-9-5-4-8-18(19)20(24)16-23-12-10-22(11-13-23)14-15-25-17-6-2-1-3-7-17/h1-9,20,24H,10-16H2. The molecule has 1 aliphatic rings. The van der Waals surface area contributed by atoms with Gasteiger partial charge in [-0.25, -0.2) is 4.39 Å². The monoisotopic (exact) mass is 344 g/mol. The number of ether oxygens (including phenoxy) is 1. The van der Waals surface area contributed by atoms with Crippen molar-refractivity contribution in [3.05, 3.63) is 66.0 Å². The van der Waals surface area contributed by atoms with Gasteiger partial charge in [0.05, 0.1) is 6.10 Å². The van der Waals surface area contributed by atoms with E-state index < -0.39 is 6.10 Å². The van der Waals surface area contributed by atoms with Gasteiger partial charge in [-0.1, -0.05) is 36.4 Å². The van der Waals surface area contributed by atoms with Gasteiger partial charge in [0.25, 0.3) is 0 Å². The van der Waals surface area contributed by atoms with Crippen LogP contribution >= 0.6 is 0 Å². The summed E-state index contributed by atoms with van der Waals surface area (Å²) in [6.45, 7) is 5.63. The van der Waals surface area contributed by atoms with E-state index in [9.17, 15) is 9.50 Å². The summed E-state index contributed by atoms with van der Waals surface area (Å²) in [7, 11) is 0. The molecule has 0 radical (unpaired) electrons. The van der Waals surface area contributed by atoms with E-state index in [1.165, 1.54) is 6.07 Å². The van der Waals surface area contributed by atoms with Gasteiger partial charge in [0, 0.05) is 44.8 Å². The molecule has 134 valence electrons. The highest BCUT2D eigenvalue weighted by atomic mass is 19.1. The molecule has 1 unspecified atom stereocenters. The number of rotatable bonds is 7. The molecule has 0 aromatic heterocycles. The Labute approximate surface area is 148 Å². The van der Waals surface area contributed by atoms with Crippen molar-refractivity contribution < 1.29 is 14.2 Å². The van der Waals surface area contributed by atoms with Gasteiger partial charge in [0.1, 0.15) is 18.2 Å². The lowest BCUT2D eigenvalue weighted by molar-refractivity contribution is 0.0661. The van der Waals surface area contributed by atoms with Crippen LogP contribution in [0.15, 0.2) is 54.6 Å². The highest BCUT2D eigenvalue weighted by Crippen LogP contribution is 2.18. The molecule has 1 N–H and O–H groups in total. The Morgan fingerprint density at radius 3 is 2.28 bits per heavy atom. The number of nitrogens with zero attached hydrogens (tertiary/aromatic N) is 2. The first kappa shape index (κ1) is 17.9. The molecule has 3 rings (SSSR count). The minimum Gasteiger partial charge on any atom is -0.492 e. The van der Waals surface area contributed by atoms with Gasteiger partial charge < -0.3 is 9.84 Å². The molecule has 0 amide bonds. The molecule has 0 spiro atoms. The van der Waals surface area contributed by atoms with E-state index in [2.05, 4.69) is 9.80 Å². The second-order valence-corrected chi connectivity index (χ2v) is 6.34. The Bertz CT molecular complexity index is 645. The van der Waals surface area contributed by atoms with Crippen LogP contribution in [0.4, 0.5) is 4.39 Å². The Hall–Kier alpha value is -1.95. The van der Waals surface area contributed by atoms with Gasteiger partial charge in [-0.2, -0.15) is 0 Å². The molecule has 1 aliphatic heterocycles. The van der Waals surface area contributed by atoms with Gasteiger partial charge in [0.2, 0.25) is 0 Å². The molecule has 0 aliphatic carbocycles. The summed E-state index contributed by atoms with van der Waals surface area (Å²) >= 11 is 0. The van der Waals surface area contributed by atoms with Crippen molar-refractivity contribution in [1.82, 2.24) is 9.80 Å². The largest absolute Gasteiger partial charge is 0.492 e. The fourth-order valence-corrected chi connectivity index (χ4v) is 3.09. The zero-order chi connectivity index (χ0) is 17.5. The Morgan fingerprint density at radius 2 is 1.56 bits per heavy atom. The SMILES string of the molecule is OC(CN1CCN(CCOc2ccccc2)CC1)c1ccccc1F. The molecule has 4 nitrogen and oxygen atoms in total. The van der Waals surface area contributed by atoms with Crippen molar-refractivity contribution >= 4 is 0 Å². The van der Waals surface area contributed by atoms with Gasteiger partial charge in [-0.3, -0.25) is 9.80 Å². The Kier molecular flexibility index (Phi) is 6.39. The Morgan fingerprint density at radius 1 is 0.920 bits per heavy atom. The molecule has 1 fully saturated rings. The van der Waals surface area contributed by atoms with Crippen molar-refractivity contribution in [3.8, 4) is 5.75 Å². The number of hydrogen-bond donors (Lipinski definition) is 1. The van der Waals surface area contributed by atoms with Crippen LogP contribution in [-0.4, -0.2) is 60.8 Å². The number of aliphatic hydroxyl groups excluding tert-OH is 1. The summed E-state index contributed by atoms with van der Waals surface area (Å²) in [6, 6.07) is 16.3. The number of hydrogen-bond acceptors (Lipinski definition) is 4. The van der Waals surface area contributed by atoms with Crippen LogP contribution < -0.4 is 4.74 Å². The van der Waals surface area contributed by atoms with E-state index in [1.54, 1.807) is 18.2 Å². The van der Waals surface area contributed by atoms with E-state index in [-0.39, 0.29) is 5.82 Å². The minimum atomic E-state index is -0.783. The smallest absolute Gasteiger partial charge is 0.129 e. The summed E-state index contributed by atoms with van der Waals surface area (Å²) in [6.07, 6.45) is -0.783. The van der Waals surface area contributed by atoms with E-state index in [0.29, 0.717) is 18.7 Å². The molecule has 0 saturated carbocycles. The predicted molar refractivity (Wildman–Crippen MR) is 96.2 cm³/mol. The average molecular weight is 344 g/mol. The second-order valence-electron chi connectivity index (χ2n) is 6.34. The number of para-hydroxylation sites is 1. The third-order valence-electron chi connectivity index (χ3n) is 4.58. The number of benzene rings is 2. The maximum Gasteiger partial charge on any atom is 0.129 e. The predicted octanol–water partition coefficient (Wildman–Crippen LogP) is 2.56. The molecule has 1 heterocycles. The van der Waals surface area contributed by atoms with Crippen LogP contribution in [0.25, 0.3) is 0 Å². The maximum absolute atomic E-state index is 13.7. The number of halogens is 1. The summed E-state index contributed by atoms with van der Waals surface area (Å²) in [5, 5.41) is 10.3. The van der Waals surface area contributed by atoms with Crippen LogP contribution in [-0.2, 0) is 0 Å². The van der Waals surface area contributed by atoms with Crippen LogP contribution in [0, 0.1) is 5.82 Å². The first-order valence-electron chi connectivity index (χ1n) is 8.77. The van der Waals surface area contributed by atoms with Gasteiger partial charge in [-0.15, -0.1) is 0 Å². The van der Waals surface area contributed by atoms with Crippen LogP contribution in [0.3, 0.4) is 0 Å². The molecule has 1 saturated heterocycles. The summed E-state index contributed by atoms with van der Waals surface area (Å²) in [4.78, 5) is 4.54. The fourth-order valence-electron chi connectivity index (χ4n) is 3.09. The maximum atomic E-state index is 13.7. The first-order valence-corrected chi connectivity index (χ1v) is 8.77. The third kappa shape index (κ3) is 5.26. The highest BCUT2D eigenvalue weighted by molar-refractivity contribution is 5.21. The quantitative estimate of drug-likeness (QED) is 0.837. The van der Waals surface area contributed by atoms with Crippen molar-refractivity contribution in [2.45, 2.75) is 6.10 Å². The number of piperazine rings is 1. The molecule has 2 aromatic carbocycles. The van der Waals surface area contributed by atoms with E-state index in [4.69, 9.17) is 4.74 Å². The number of aliphatic hydroxyl groups is 1. The molecular weight excluding hydrogens is 319 g/mol. The first-order chi connectivity index (χ1) is 12.2. The minimum absolute atomic E-state index is 0.341. The van der Waals surface area contributed by atoms with Gasteiger partial charge in [-0.05, 0) is 18.2 Å². The van der Waals surface area contributed by atoms with Crippen molar-refractivity contribution in [1.29, 1.82) is 0 Å². The fraction of sp³-hybridized carbons (Fsp3) is 0.400. The lowest BCUT2D eigenvalue weighted by Gasteiger charge is -2.35. The van der Waals surface area contributed by atoms with Crippen LogP contribution in [0.5, 0.6) is 5.75 Å². The topological polar surface area (TPSA) is 35.9 Å². The molecule has 2 aromatic rings. The normalized spacial score (nSPS) is 17.4. The van der Waals surface area contributed by atoms with Gasteiger partial charge in [0.15, 0.2) is 0 Å². The highest BCUT2D eigenvalue weighted by Gasteiger charge is 2.21. The van der Waals surface area contributed by atoms with Crippen molar-refractivity contribution in [2.75, 3.05) is 45.9 Å². The molecule has 5 heteroatoms. The zero-order valence-corrected chi connectivity index (χ0v) is 14.4. The Balaban J connectivity index is 1.38. The van der Waals surface area contributed by atoms with Crippen LogP contribution in [0.1, 0.15) is 11.7 Å². The van der Waals surface area contributed by atoms with E-state index in [0.717, 1.165) is 38.5 Å². The average Bonchev–Trinajstić information content (AvgIpc) is 2.64. The van der Waals surface area contributed by atoms with Crippen molar-refractivity contribution in [3.63, 3.8) is 0 Å². The summed E-state index contributed by atoms with van der Waals surface area (Å²) in [5.41, 5.74) is 0.376. The third-order valence-corrected chi connectivity index (χ3v) is 4.58. The lowest BCUT2D eigenvalue weighted by atomic mass is 10.1. The van der Waals surface area contributed by atoms with Crippen molar-refractivity contribution in [2.24, 2.45) is 0 Å². The summed E-state index contributed by atoms with van der Waals surface area (Å²) in [5.74, 6) is 0.556. The van der Waals surface area contributed by atoms with Gasteiger partial charge >= 0.3 is 0 Å². The van der Waals surface area contributed by atoms with E-state index in [1.807, 2.05) is 30.3 Å². The van der Waals surface area contributed by atoms with E-state index >= 15 is 0 Å². The second kappa shape index (κ2) is 8.94. The lowest BCUT2D eigenvalue weighted by Crippen LogP contribution is -2.48. The molecular formula is C20H25FN2O2. The molecule has 1 atom stereocenters. The zero-order valence-electron chi connectivity index (χ0n) is 14.4. The van der Waals surface area contributed by atoms with Crippen LogP contribution in [0.2, 0.25) is 0 Å². The molecule has 0 bridgehead atoms. The number of β-amino-alcohol motifs (C(OH)–C–C–N with tert-alkyl or cyclic N) is 1.